The second-order valence-electron chi connectivity index (χ2n) is 8.09. The van der Waals surface area contributed by atoms with Gasteiger partial charge in [0, 0.05) is 37.7 Å². The van der Waals surface area contributed by atoms with Crippen molar-refractivity contribution >= 4 is 11.9 Å². The molecule has 1 aromatic heterocycles. The lowest BCUT2D eigenvalue weighted by atomic mass is 9.95. The summed E-state index contributed by atoms with van der Waals surface area (Å²) in [6.45, 7) is 6.74. The van der Waals surface area contributed by atoms with E-state index in [1.807, 2.05) is 23.6 Å². The van der Waals surface area contributed by atoms with Crippen LogP contribution in [-0.2, 0) is 12.8 Å². The highest BCUT2D eigenvalue weighted by Crippen LogP contribution is 2.41. The van der Waals surface area contributed by atoms with E-state index in [1.165, 1.54) is 12.8 Å². The molecule has 1 aliphatic heterocycles. The van der Waals surface area contributed by atoms with Crippen LogP contribution in [0.15, 0.2) is 4.52 Å². The standard InChI is InChI=1S/C20H30N4O3/c1-3-23(4-2)20(26)24-11-15(13-9-10-13)17(12-24)21-19(25)18-14-7-5-6-8-16(14)22-27-18/h13,15,17H,3-12H2,1-2H3,(H,21,25)/t15-,17+/m1/s1. The summed E-state index contributed by atoms with van der Waals surface area (Å²) in [6, 6.07) is 0.0771. The molecule has 7 heteroatoms. The van der Waals surface area contributed by atoms with Crippen LogP contribution in [0.1, 0.15) is 61.3 Å². The zero-order valence-electron chi connectivity index (χ0n) is 16.4. The van der Waals surface area contributed by atoms with Crippen LogP contribution in [0.3, 0.4) is 0 Å². The van der Waals surface area contributed by atoms with Crippen molar-refractivity contribution < 1.29 is 14.1 Å². The molecule has 3 aliphatic rings. The van der Waals surface area contributed by atoms with Crippen molar-refractivity contribution in [2.45, 2.75) is 58.4 Å². The summed E-state index contributed by atoms with van der Waals surface area (Å²) in [5.74, 6) is 1.17. The molecule has 0 spiro atoms. The van der Waals surface area contributed by atoms with Gasteiger partial charge in [0.05, 0.1) is 11.7 Å². The fraction of sp³-hybridized carbons (Fsp3) is 0.750. The summed E-state index contributed by atoms with van der Waals surface area (Å²) >= 11 is 0. The van der Waals surface area contributed by atoms with Crippen LogP contribution in [0, 0.1) is 11.8 Å². The van der Waals surface area contributed by atoms with Gasteiger partial charge in [-0.15, -0.1) is 0 Å². The number of aryl methyl sites for hydroxylation is 1. The Bertz CT molecular complexity index is 708. The van der Waals surface area contributed by atoms with Gasteiger partial charge in [0.25, 0.3) is 5.91 Å². The van der Waals surface area contributed by atoms with Crippen molar-refractivity contribution in [1.29, 1.82) is 0 Å². The second kappa shape index (κ2) is 7.52. The van der Waals surface area contributed by atoms with Crippen LogP contribution in [-0.4, -0.2) is 59.1 Å². The van der Waals surface area contributed by atoms with Gasteiger partial charge < -0.3 is 19.6 Å². The van der Waals surface area contributed by atoms with Crippen molar-refractivity contribution in [3.63, 3.8) is 0 Å². The first kappa shape index (κ1) is 18.3. The maximum absolute atomic E-state index is 12.9. The average Bonchev–Trinajstić information content (AvgIpc) is 3.29. The Hall–Kier alpha value is -2.05. The van der Waals surface area contributed by atoms with E-state index >= 15 is 0 Å². The molecule has 1 saturated carbocycles. The van der Waals surface area contributed by atoms with Gasteiger partial charge >= 0.3 is 6.03 Å². The third-order valence-electron chi connectivity index (χ3n) is 6.38. The third-order valence-corrected chi connectivity index (χ3v) is 6.38. The predicted molar refractivity (Wildman–Crippen MR) is 101 cm³/mol. The molecule has 0 radical (unpaired) electrons. The van der Waals surface area contributed by atoms with Crippen LogP contribution < -0.4 is 5.32 Å². The Labute approximate surface area is 160 Å². The summed E-state index contributed by atoms with van der Waals surface area (Å²) in [4.78, 5) is 29.4. The summed E-state index contributed by atoms with van der Waals surface area (Å²) in [6.07, 6.45) is 6.34. The number of hydrogen-bond acceptors (Lipinski definition) is 4. The first-order chi connectivity index (χ1) is 13.1. The Kier molecular flexibility index (Phi) is 5.10. The Morgan fingerprint density at radius 2 is 1.93 bits per heavy atom. The molecule has 2 aliphatic carbocycles. The lowest BCUT2D eigenvalue weighted by molar-refractivity contribution is 0.0888. The van der Waals surface area contributed by atoms with Crippen molar-refractivity contribution in [2.75, 3.05) is 26.2 Å². The van der Waals surface area contributed by atoms with E-state index in [1.54, 1.807) is 0 Å². The molecule has 2 atom stereocenters. The van der Waals surface area contributed by atoms with Crippen molar-refractivity contribution in [1.82, 2.24) is 20.3 Å². The number of nitrogens with one attached hydrogen (secondary N) is 1. The van der Waals surface area contributed by atoms with Gasteiger partial charge in [0.2, 0.25) is 5.76 Å². The topological polar surface area (TPSA) is 78.7 Å². The van der Waals surface area contributed by atoms with E-state index in [4.69, 9.17) is 4.52 Å². The van der Waals surface area contributed by atoms with Gasteiger partial charge in [-0.3, -0.25) is 4.79 Å². The quantitative estimate of drug-likeness (QED) is 0.859. The second-order valence-corrected chi connectivity index (χ2v) is 8.09. The van der Waals surface area contributed by atoms with Crippen LogP contribution in [0.4, 0.5) is 4.79 Å². The Morgan fingerprint density at radius 3 is 2.63 bits per heavy atom. The smallest absolute Gasteiger partial charge is 0.320 e. The maximum atomic E-state index is 12.9. The van der Waals surface area contributed by atoms with Crippen LogP contribution >= 0.6 is 0 Å². The Morgan fingerprint density at radius 1 is 1.19 bits per heavy atom. The van der Waals surface area contributed by atoms with Gasteiger partial charge in [-0.2, -0.15) is 0 Å². The minimum atomic E-state index is -0.168. The number of amides is 3. The molecule has 0 aromatic carbocycles. The molecular weight excluding hydrogens is 344 g/mol. The fourth-order valence-electron chi connectivity index (χ4n) is 4.64. The molecule has 2 heterocycles. The molecule has 4 rings (SSSR count). The molecule has 3 amide bonds. The zero-order chi connectivity index (χ0) is 19.0. The predicted octanol–water partition coefficient (Wildman–Crippen LogP) is 2.46. The molecule has 1 N–H and O–H groups in total. The Balaban J connectivity index is 1.46. The zero-order valence-corrected chi connectivity index (χ0v) is 16.4. The third kappa shape index (κ3) is 3.56. The summed E-state index contributed by atoms with van der Waals surface area (Å²) in [7, 11) is 0. The minimum absolute atomic E-state index is 0.00569. The van der Waals surface area contributed by atoms with E-state index in [2.05, 4.69) is 10.5 Å². The monoisotopic (exact) mass is 374 g/mol. The number of nitrogens with zero attached hydrogens (tertiary/aromatic N) is 3. The number of carbonyl (C=O) groups excluding carboxylic acids is 2. The molecule has 1 aromatic rings. The van der Waals surface area contributed by atoms with Crippen LogP contribution in [0.5, 0.6) is 0 Å². The van der Waals surface area contributed by atoms with Gasteiger partial charge in [-0.25, -0.2) is 4.79 Å². The summed E-state index contributed by atoms with van der Waals surface area (Å²) in [5.41, 5.74) is 1.92. The maximum Gasteiger partial charge on any atom is 0.320 e. The fourth-order valence-corrected chi connectivity index (χ4v) is 4.64. The van der Waals surface area contributed by atoms with Gasteiger partial charge in [-0.1, -0.05) is 5.16 Å². The highest BCUT2D eigenvalue weighted by Gasteiger charge is 2.45. The number of fused-ring (bicyclic) bond motifs is 1. The molecule has 7 nitrogen and oxygen atoms in total. The first-order valence-electron chi connectivity index (χ1n) is 10.4. The molecule has 2 fully saturated rings. The summed E-state index contributed by atoms with van der Waals surface area (Å²) in [5, 5.41) is 7.28. The number of urea groups is 1. The number of hydrogen-bond donors (Lipinski definition) is 1. The molecule has 1 saturated heterocycles. The molecule has 27 heavy (non-hydrogen) atoms. The van der Waals surface area contributed by atoms with E-state index < -0.39 is 0 Å². The van der Waals surface area contributed by atoms with Crippen molar-refractivity contribution in [3.8, 4) is 0 Å². The number of likely N-dealkylation sites (tertiary alicyclic amines) is 1. The first-order valence-corrected chi connectivity index (χ1v) is 10.4. The lowest BCUT2D eigenvalue weighted by Gasteiger charge is -2.26. The molecule has 148 valence electrons. The van der Waals surface area contributed by atoms with E-state index in [-0.39, 0.29) is 18.0 Å². The largest absolute Gasteiger partial charge is 0.350 e. The SMILES string of the molecule is CCN(CC)C(=O)N1C[C@H](NC(=O)c2onc3c2CCCC3)[C@@H](C2CC2)C1. The number of aromatic nitrogens is 1. The van der Waals surface area contributed by atoms with Gasteiger partial charge in [-0.05, 0) is 58.3 Å². The van der Waals surface area contributed by atoms with Crippen molar-refractivity contribution in [3.05, 3.63) is 17.0 Å². The minimum Gasteiger partial charge on any atom is -0.350 e. The van der Waals surface area contributed by atoms with E-state index in [0.29, 0.717) is 37.2 Å². The molecule has 0 bridgehead atoms. The van der Waals surface area contributed by atoms with Gasteiger partial charge in [0.1, 0.15) is 0 Å². The number of rotatable bonds is 5. The molecular formula is C20H30N4O3. The van der Waals surface area contributed by atoms with Gasteiger partial charge in [0.15, 0.2) is 0 Å². The summed E-state index contributed by atoms with van der Waals surface area (Å²) < 4.78 is 5.40. The van der Waals surface area contributed by atoms with Crippen LogP contribution in [0.2, 0.25) is 0 Å². The van der Waals surface area contributed by atoms with E-state index in [9.17, 15) is 9.59 Å². The normalized spacial score (nSPS) is 24.6. The van der Waals surface area contributed by atoms with Crippen LogP contribution in [0.25, 0.3) is 0 Å². The highest BCUT2D eigenvalue weighted by atomic mass is 16.5. The average molecular weight is 374 g/mol. The lowest BCUT2D eigenvalue weighted by Crippen LogP contribution is -2.44. The number of carbonyl (C=O) groups is 2. The van der Waals surface area contributed by atoms with Crippen molar-refractivity contribution in [2.24, 2.45) is 11.8 Å². The molecule has 0 unspecified atom stereocenters. The highest BCUT2D eigenvalue weighted by molar-refractivity contribution is 5.93. The van der Waals surface area contributed by atoms with E-state index in [0.717, 1.165) is 43.5 Å².